The van der Waals surface area contributed by atoms with Crippen LogP contribution in [0.15, 0.2) is 29.2 Å². The van der Waals surface area contributed by atoms with Gasteiger partial charge in [0.15, 0.2) is 0 Å². The number of rotatable bonds is 5. The molecule has 3 heterocycles. The van der Waals surface area contributed by atoms with E-state index < -0.39 is 5.60 Å². The van der Waals surface area contributed by atoms with E-state index in [4.69, 9.17) is 0 Å². The molecule has 0 bridgehead atoms. The van der Waals surface area contributed by atoms with E-state index in [1.165, 1.54) is 0 Å². The molecule has 0 spiro atoms. The first-order valence-corrected chi connectivity index (χ1v) is 9.67. The minimum absolute atomic E-state index is 0.133. The van der Waals surface area contributed by atoms with Crippen LogP contribution < -0.4 is 10.9 Å². The van der Waals surface area contributed by atoms with Gasteiger partial charge >= 0.3 is 0 Å². The number of carbonyl (C=O) groups excluding carboxylic acids is 1. The summed E-state index contributed by atoms with van der Waals surface area (Å²) in [5, 5.41) is 14.1. The van der Waals surface area contributed by atoms with Crippen LogP contribution in [0.2, 0.25) is 0 Å². The third-order valence-electron chi connectivity index (χ3n) is 5.56. The summed E-state index contributed by atoms with van der Waals surface area (Å²) in [5.41, 5.74) is 2.84. The zero-order chi connectivity index (χ0) is 21.5. The van der Waals surface area contributed by atoms with Crippen molar-refractivity contribution in [2.45, 2.75) is 59.7 Å². The molecule has 0 saturated carbocycles. The summed E-state index contributed by atoms with van der Waals surface area (Å²) in [4.78, 5) is 32.6. The first-order chi connectivity index (χ1) is 13.5. The van der Waals surface area contributed by atoms with Crippen molar-refractivity contribution in [2.75, 3.05) is 0 Å². The summed E-state index contributed by atoms with van der Waals surface area (Å²) < 4.78 is 1.90. The molecule has 0 saturated heterocycles. The largest absolute Gasteiger partial charge is 0.388 e. The Morgan fingerprint density at radius 1 is 1.34 bits per heavy atom. The number of pyridine rings is 2. The predicted molar refractivity (Wildman–Crippen MR) is 113 cm³/mol. The summed E-state index contributed by atoms with van der Waals surface area (Å²) in [6.45, 7) is 11.0. The zero-order valence-corrected chi connectivity index (χ0v) is 17.8. The number of carbonyl (C=O) groups is 1. The van der Waals surface area contributed by atoms with Gasteiger partial charge < -0.3 is 20.0 Å². The Morgan fingerprint density at radius 3 is 2.66 bits per heavy atom. The van der Waals surface area contributed by atoms with Gasteiger partial charge in [0.25, 0.3) is 11.5 Å². The zero-order valence-electron chi connectivity index (χ0n) is 17.8. The minimum atomic E-state index is -0.992. The van der Waals surface area contributed by atoms with Gasteiger partial charge in [-0.1, -0.05) is 0 Å². The number of amides is 1. The number of nitrogens with zero attached hydrogens (tertiary/aromatic N) is 2. The molecule has 7 nitrogen and oxygen atoms in total. The first kappa shape index (κ1) is 20.8. The van der Waals surface area contributed by atoms with E-state index in [1.807, 2.05) is 44.4 Å². The average molecular weight is 396 g/mol. The highest BCUT2D eigenvalue weighted by atomic mass is 16.3. The number of aromatic amines is 1. The van der Waals surface area contributed by atoms with Crippen molar-refractivity contribution >= 4 is 16.9 Å². The van der Waals surface area contributed by atoms with E-state index in [2.05, 4.69) is 15.3 Å². The first-order valence-electron chi connectivity index (χ1n) is 9.67. The molecule has 3 aromatic rings. The summed E-state index contributed by atoms with van der Waals surface area (Å²) in [5.74, 6) is -0.276. The highest BCUT2D eigenvalue weighted by Crippen LogP contribution is 2.32. The summed E-state index contributed by atoms with van der Waals surface area (Å²) >= 11 is 0. The number of aliphatic hydroxyl groups is 1. The molecule has 29 heavy (non-hydrogen) atoms. The van der Waals surface area contributed by atoms with E-state index in [1.54, 1.807) is 26.1 Å². The standard InChI is InChI=1S/C22H28N4O3/c1-12-10-13(2)25-20(27)17(12)11-24-21(28)18-14(3)26(15(4)22(5,6)29)19-16(18)8-7-9-23-19/h7-10,15,29H,11H2,1-6H3,(H,24,28)(H,25,27). The minimum Gasteiger partial charge on any atom is -0.388 e. The maximum Gasteiger partial charge on any atom is 0.254 e. The molecule has 7 heteroatoms. The van der Waals surface area contributed by atoms with E-state index in [9.17, 15) is 14.7 Å². The number of fused-ring (bicyclic) bond motifs is 1. The molecule has 154 valence electrons. The van der Waals surface area contributed by atoms with Gasteiger partial charge in [0, 0.05) is 35.1 Å². The Morgan fingerprint density at radius 2 is 2.03 bits per heavy atom. The second kappa shape index (κ2) is 7.48. The molecular weight excluding hydrogens is 368 g/mol. The number of aryl methyl sites for hydroxylation is 2. The molecule has 0 radical (unpaired) electrons. The smallest absolute Gasteiger partial charge is 0.254 e. The summed E-state index contributed by atoms with van der Waals surface area (Å²) in [7, 11) is 0. The SMILES string of the molecule is Cc1cc(C)c(CNC(=O)c2c(C)n(C(C)C(C)(C)O)c3ncccc23)c(=O)[nH]1. The molecule has 1 amide bonds. The molecule has 1 unspecified atom stereocenters. The fraction of sp³-hybridized carbons (Fsp3) is 0.409. The van der Waals surface area contributed by atoms with Crippen LogP contribution in [-0.4, -0.2) is 31.1 Å². The number of aromatic nitrogens is 3. The number of nitrogens with one attached hydrogen (secondary N) is 2. The third kappa shape index (κ3) is 3.82. The molecule has 0 aromatic carbocycles. The Hall–Kier alpha value is -2.93. The summed E-state index contributed by atoms with van der Waals surface area (Å²) in [6, 6.07) is 5.23. The second-order valence-corrected chi connectivity index (χ2v) is 8.16. The van der Waals surface area contributed by atoms with Crippen LogP contribution in [0.4, 0.5) is 0 Å². The third-order valence-corrected chi connectivity index (χ3v) is 5.56. The lowest BCUT2D eigenvalue weighted by atomic mass is 10.0. The Balaban J connectivity index is 2.01. The number of H-pyrrole nitrogens is 1. The fourth-order valence-corrected chi connectivity index (χ4v) is 3.69. The van der Waals surface area contributed by atoms with Gasteiger partial charge in [-0.15, -0.1) is 0 Å². The second-order valence-electron chi connectivity index (χ2n) is 8.16. The van der Waals surface area contributed by atoms with Crippen molar-refractivity contribution in [2.24, 2.45) is 0 Å². The van der Waals surface area contributed by atoms with Crippen molar-refractivity contribution in [1.29, 1.82) is 0 Å². The van der Waals surface area contributed by atoms with Crippen molar-refractivity contribution in [3.63, 3.8) is 0 Å². The van der Waals surface area contributed by atoms with Crippen LogP contribution in [-0.2, 0) is 6.54 Å². The highest BCUT2D eigenvalue weighted by molar-refractivity contribution is 6.07. The molecule has 3 aromatic heterocycles. The van der Waals surface area contributed by atoms with E-state index >= 15 is 0 Å². The fourth-order valence-electron chi connectivity index (χ4n) is 3.69. The van der Waals surface area contributed by atoms with Gasteiger partial charge in [-0.25, -0.2) is 4.98 Å². The maximum atomic E-state index is 13.1. The van der Waals surface area contributed by atoms with Gasteiger partial charge in [0.1, 0.15) is 5.65 Å². The number of hydrogen-bond donors (Lipinski definition) is 3. The van der Waals surface area contributed by atoms with Gasteiger partial charge in [-0.3, -0.25) is 9.59 Å². The highest BCUT2D eigenvalue weighted by Gasteiger charge is 2.30. The molecule has 0 aliphatic heterocycles. The van der Waals surface area contributed by atoms with E-state index in [0.29, 0.717) is 22.2 Å². The van der Waals surface area contributed by atoms with Crippen LogP contribution in [0, 0.1) is 20.8 Å². The Bertz CT molecular complexity index is 1140. The lowest BCUT2D eigenvalue weighted by Crippen LogP contribution is -2.32. The van der Waals surface area contributed by atoms with Gasteiger partial charge in [-0.05, 0) is 65.3 Å². The average Bonchev–Trinajstić information content (AvgIpc) is 2.90. The lowest BCUT2D eigenvalue weighted by Gasteiger charge is -2.29. The molecule has 3 N–H and O–H groups in total. The van der Waals surface area contributed by atoms with Gasteiger partial charge in [0.2, 0.25) is 0 Å². The van der Waals surface area contributed by atoms with Crippen molar-refractivity contribution in [3.8, 4) is 0 Å². The van der Waals surface area contributed by atoms with Gasteiger partial charge in [0.05, 0.1) is 17.2 Å². The van der Waals surface area contributed by atoms with Crippen LogP contribution in [0.1, 0.15) is 59.7 Å². The molecular formula is C22H28N4O3. The van der Waals surface area contributed by atoms with Gasteiger partial charge in [-0.2, -0.15) is 0 Å². The van der Waals surface area contributed by atoms with Crippen LogP contribution >= 0.6 is 0 Å². The molecule has 1 atom stereocenters. The lowest BCUT2D eigenvalue weighted by molar-refractivity contribution is 0.0312. The predicted octanol–water partition coefficient (Wildman–Crippen LogP) is 2.91. The van der Waals surface area contributed by atoms with Crippen molar-refractivity contribution in [3.05, 3.63) is 62.8 Å². The molecule has 0 aliphatic carbocycles. The Labute approximate surface area is 169 Å². The van der Waals surface area contributed by atoms with Crippen LogP contribution in [0.25, 0.3) is 11.0 Å². The normalized spacial score (nSPS) is 12.9. The summed E-state index contributed by atoms with van der Waals surface area (Å²) in [6.07, 6.45) is 1.67. The van der Waals surface area contributed by atoms with E-state index in [0.717, 1.165) is 17.0 Å². The Kier molecular flexibility index (Phi) is 5.36. The topological polar surface area (TPSA) is 100 Å². The molecule has 0 fully saturated rings. The monoisotopic (exact) mass is 396 g/mol. The van der Waals surface area contributed by atoms with Crippen LogP contribution in [0.3, 0.4) is 0 Å². The molecule has 3 rings (SSSR count). The van der Waals surface area contributed by atoms with E-state index in [-0.39, 0.29) is 24.1 Å². The van der Waals surface area contributed by atoms with Crippen molar-refractivity contribution < 1.29 is 9.90 Å². The van der Waals surface area contributed by atoms with Crippen LogP contribution in [0.5, 0.6) is 0 Å². The van der Waals surface area contributed by atoms with Crippen molar-refractivity contribution in [1.82, 2.24) is 19.9 Å². The number of hydrogen-bond acceptors (Lipinski definition) is 4. The maximum absolute atomic E-state index is 13.1. The molecule has 0 aliphatic rings. The quantitative estimate of drug-likeness (QED) is 0.617.